The summed E-state index contributed by atoms with van der Waals surface area (Å²) in [7, 11) is 1.64. The number of ether oxygens (including phenoxy) is 1. The lowest BCUT2D eigenvalue weighted by Crippen LogP contribution is -2.18. The third kappa shape index (κ3) is 3.67. The van der Waals surface area contributed by atoms with E-state index in [1.54, 1.807) is 18.1 Å². The van der Waals surface area contributed by atoms with Crippen LogP contribution in [-0.2, 0) is 17.9 Å². The third-order valence-electron chi connectivity index (χ3n) is 4.36. The van der Waals surface area contributed by atoms with E-state index in [-0.39, 0.29) is 12.5 Å². The molecule has 0 aliphatic carbocycles. The van der Waals surface area contributed by atoms with E-state index in [4.69, 9.17) is 4.74 Å². The number of carbonyl (C=O) groups excluding carboxylic acids is 1. The van der Waals surface area contributed by atoms with Crippen LogP contribution in [-0.4, -0.2) is 32.3 Å². The average Bonchev–Trinajstić information content (AvgIpc) is 3.33. The Labute approximate surface area is 156 Å². The first kappa shape index (κ1) is 16.8. The van der Waals surface area contributed by atoms with Crippen molar-refractivity contribution in [1.29, 1.82) is 0 Å². The minimum atomic E-state index is -0.0839. The van der Waals surface area contributed by atoms with Crippen LogP contribution >= 0.6 is 0 Å². The number of fused-ring (bicyclic) bond motifs is 1. The minimum absolute atomic E-state index is 0.0839. The lowest BCUT2D eigenvalue weighted by atomic mass is 10.2. The quantitative estimate of drug-likeness (QED) is 0.573. The molecule has 7 nitrogen and oxygen atoms in total. The van der Waals surface area contributed by atoms with Gasteiger partial charge in [0.15, 0.2) is 0 Å². The van der Waals surface area contributed by atoms with Gasteiger partial charge in [-0.1, -0.05) is 18.2 Å². The lowest BCUT2D eigenvalue weighted by Gasteiger charge is -2.09. The maximum absolute atomic E-state index is 12.4. The summed E-state index contributed by atoms with van der Waals surface area (Å²) >= 11 is 0. The number of methoxy groups -OCH3 is 1. The summed E-state index contributed by atoms with van der Waals surface area (Å²) in [6.07, 6.45) is 5.08. The van der Waals surface area contributed by atoms with E-state index >= 15 is 0 Å². The Morgan fingerprint density at radius 1 is 1.15 bits per heavy atom. The zero-order chi connectivity index (χ0) is 18.6. The summed E-state index contributed by atoms with van der Waals surface area (Å²) in [5.74, 6) is 0.717. The molecule has 0 saturated heterocycles. The van der Waals surface area contributed by atoms with Crippen molar-refractivity contribution < 1.29 is 9.53 Å². The molecule has 0 radical (unpaired) electrons. The van der Waals surface area contributed by atoms with Crippen LogP contribution in [0, 0.1) is 0 Å². The second-order valence-corrected chi connectivity index (χ2v) is 6.17. The number of aromatic nitrogens is 4. The largest absolute Gasteiger partial charge is 0.496 e. The smallest absolute Gasteiger partial charge is 0.244 e. The number of amides is 1. The van der Waals surface area contributed by atoms with Gasteiger partial charge in [-0.3, -0.25) is 4.79 Å². The fourth-order valence-electron chi connectivity index (χ4n) is 3.06. The summed E-state index contributed by atoms with van der Waals surface area (Å²) in [5, 5.41) is 8.01. The molecule has 27 heavy (non-hydrogen) atoms. The van der Waals surface area contributed by atoms with Crippen LogP contribution in [0.2, 0.25) is 0 Å². The van der Waals surface area contributed by atoms with Crippen LogP contribution < -0.4 is 10.1 Å². The van der Waals surface area contributed by atoms with Gasteiger partial charge in [0.1, 0.15) is 24.9 Å². The number of rotatable bonds is 6. The average molecular weight is 361 g/mol. The highest BCUT2D eigenvalue weighted by molar-refractivity contribution is 5.93. The van der Waals surface area contributed by atoms with Crippen molar-refractivity contribution in [2.45, 2.75) is 13.1 Å². The first-order valence-corrected chi connectivity index (χ1v) is 8.56. The Hall–Kier alpha value is -3.61. The molecule has 4 rings (SSSR count). The number of anilines is 1. The highest BCUT2D eigenvalue weighted by Crippen LogP contribution is 2.26. The standard InChI is InChI=1S/C20H19N5O2/c1-27-19-4-2-3-18-17(19)9-10-24(18)12-20(26)23-16-7-5-15(6-8-16)11-25-14-21-13-22-25/h2-10,13-14H,11-12H2,1H3,(H,23,26). The summed E-state index contributed by atoms with van der Waals surface area (Å²) in [6, 6.07) is 15.5. The molecule has 2 aromatic heterocycles. The normalized spacial score (nSPS) is 10.9. The van der Waals surface area contributed by atoms with Gasteiger partial charge < -0.3 is 14.6 Å². The minimum Gasteiger partial charge on any atom is -0.496 e. The summed E-state index contributed by atoms with van der Waals surface area (Å²) in [4.78, 5) is 16.4. The van der Waals surface area contributed by atoms with Gasteiger partial charge in [0.25, 0.3) is 0 Å². The van der Waals surface area contributed by atoms with Crippen molar-refractivity contribution in [3.8, 4) is 5.75 Å². The van der Waals surface area contributed by atoms with Gasteiger partial charge in [-0.15, -0.1) is 0 Å². The Balaban J connectivity index is 1.42. The fraction of sp³-hybridized carbons (Fsp3) is 0.150. The van der Waals surface area contributed by atoms with E-state index < -0.39 is 0 Å². The number of benzene rings is 2. The molecule has 136 valence electrons. The second-order valence-electron chi connectivity index (χ2n) is 6.17. The van der Waals surface area contributed by atoms with Crippen LogP contribution in [0.4, 0.5) is 5.69 Å². The van der Waals surface area contributed by atoms with Crippen molar-refractivity contribution in [1.82, 2.24) is 19.3 Å². The topological polar surface area (TPSA) is 74.0 Å². The van der Waals surface area contributed by atoms with E-state index in [0.29, 0.717) is 6.54 Å². The van der Waals surface area contributed by atoms with E-state index in [9.17, 15) is 4.79 Å². The van der Waals surface area contributed by atoms with Crippen molar-refractivity contribution in [2.24, 2.45) is 0 Å². The van der Waals surface area contributed by atoms with Crippen LogP contribution in [0.5, 0.6) is 5.75 Å². The molecule has 0 spiro atoms. The van der Waals surface area contributed by atoms with E-state index in [1.165, 1.54) is 6.33 Å². The molecular weight excluding hydrogens is 342 g/mol. The Kier molecular flexibility index (Phi) is 4.57. The highest BCUT2D eigenvalue weighted by atomic mass is 16.5. The molecule has 0 aliphatic rings. The zero-order valence-corrected chi connectivity index (χ0v) is 14.9. The number of nitrogens with zero attached hydrogens (tertiary/aromatic N) is 4. The van der Waals surface area contributed by atoms with Gasteiger partial charge in [0.05, 0.1) is 19.2 Å². The van der Waals surface area contributed by atoms with Gasteiger partial charge in [-0.05, 0) is 35.9 Å². The van der Waals surface area contributed by atoms with Crippen molar-refractivity contribution in [3.63, 3.8) is 0 Å². The molecule has 0 fully saturated rings. The molecule has 2 aromatic carbocycles. The Morgan fingerprint density at radius 2 is 2.00 bits per heavy atom. The van der Waals surface area contributed by atoms with Gasteiger partial charge in [0, 0.05) is 17.3 Å². The van der Waals surface area contributed by atoms with Gasteiger partial charge in [-0.2, -0.15) is 5.10 Å². The molecule has 0 unspecified atom stereocenters. The molecule has 0 saturated carbocycles. The SMILES string of the molecule is COc1cccc2c1ccn2CC(=O)Nc1ccc(Cn2cncn2)cc1. The zero-order valence-electron chi connectivity index (χ0n) is 14.9. The summed E-state index contributed by atoms with van der Waals surface area (Å²) < 4.78 is 9.02. The van der Waals surface area contributed by atoms with E-state index in [0.717, 1.165) is 27.9 Å². The Bertz CT molecular complexity index is 1050. The summed E-state index contributed by atoms with van der Waals surface area (Å²) in [5.41, 5.74) is 2.81. The van der Waals surface area contributed by atoms with Crippen molar-refractivity contribution in [2.75, 3.05) is 12.4 Å². The molecular formula is C20H19N5O2. The van der Waals surface area contributed by atoms with Crippen LogP contribution in [0.25, 0.3) is 10.9 Å². The van der Waals surface area contributed by atoms with Crippen LogP contribution in [0.1, 0.15) is 5.56 Å². The van der Waals surface area contributed by atoms with E-state index in [2.05, 4.69) is 15.4 Å². The number of carbonyl (C=O) groups is 1. The first-order chi connectivity index (χ1) is 13.2. The van der Waals surface area contributed by atoms with Crippen LogP contribution in [0.15, 0.2) is 67.4 Å². The predicted molar refractivity (Wildman–Crippen MR) is 103 cm³/mol. The maximum Gasteiger partial charge on any atom is 0.244 e. The highest BCUT2D eigenvalue weighted by Gasteiger charge is 2.09. The van der Waals surface area contributed by atoms with E-state index in [1.807, 2.05) is 59.3 Å². The summed E-state index contributed by atoms with van der Waals surface area (Å²) in [6.45, 7) is 0.878. The first-order valence-electron chi connectivity index (χ1n) is 8.56. The molecule has 0 bridgehead atoms. The Morgan fingerprint density at radius 3 is 2.74 bits per heavy atom. The third-order valence-corrected chi connectivity index (χ3v) is 4.36. The molecule has 0 atom stereocenters. The van der Waals surface area contributed by atoms with Crippen molar-refractivity contribution in [3.05, 3.63) is 72.9 Å². The second kappa shape index (κ2) is 7.33. The fourth-order valence-corrected chi connectivity index (χ4v) is 3.06. The number of nitrogens with one attached hydrogen (secondary N) is 1. The van der Waals surface area contributed by atoms with Crippen LogP contribution in [0.3, 0.4) is 0 Å². The molecule has 4 aromatic rings. The van der Waals surface area contributed by atoms with Gasteiger partial charge in [0.2, 0.25) is 5.91 Å². The molecule has 7 heteroatoms. The number of hydrogen-bond donors (Lipinski definition) is 1. The molecule has 0 aliphatic heterocycles. The molecule has 1 amide bonds. The monoisotopic (exact) mass is 361 g/mol. The molecule has 1 N–H and O–H groups in total. The lowest BCUT2D eigenvalue weighted by molar-refractivity contribution is -0.116. The van der Waals surface area contributed by atoms with Gasteiger partial charge >= 0.3 is 0 Å². The van der Waals surface area contributed by atoms with Gasteiger partial charge in [-0.25, -0.2) is 9.67 Å². The molecule has 2 heterocycles. The van der Waals surface area contributed by atoms with Crippen molar-refractivity contribution >= 4 is 22.5 Å². The predicted octanol–water partition coefficient (Wildman–Crippen LogP) is 2.93. The number of hydrogen-bond acceptors (Lipinski definition) is 4. The maximum atomic E-state index is 12.4.